The minimum Gasteiger partial charge on any atom is -0.310 e. The molecule has 2 heterocycles. The van der Waals surface area contributed by atoms with E-state index in [1.165, 1.54) is 166 Å². The molecule has 204 valence electrons. The molecule has 0 bridgehead atoms. The number of allylic oxidation sites excluding steroid dienone is 4. The van der Waals surface area contributed by atoms with Crippen LogP contribution in [0, 0.1) is 0 Å². The molecule has 0 unspecified atom stereocenters. The van der Waals surface area contributed by atoms with Crippen LogP contribution >= 0.6 is 0 Å². The van der Waals surface area contributed by atoms with Crippen LogP contribution in [-0.2, 0) is 0 Å². The van der Waals surface area contributed by atoms with Crippen LogP contribution < -0.4 is 10.9 Å². The summed E-state index contributed by atoms with van der Waals surface area (Å²) in [6.45, 7) is 2.10. The highest BCUT2D eigenvalue weighted by atomic mass is 15.3. The van der Waals surface area contributed by atoms with Gasteiger partial charge in [-0.25, -0.2) is 0 Å². The highest BCUT2D eigenvalue weighted by Crippen LogP contribution is 2.22. The molecular formula is C32H56N4. The van der Waals surface area contributed by atoms with E-state index in [0.29, 0.717) is 0 Å². The largest absolute Gasteiger partial charge is 0.310 e. The summed E-state index contributed by atoms with van der Waals surface area (Å²) in [6, 6.07) is 0. The summed E-state index contributed by atoms with van der Waals surface area (Å²) in [5.41, 5.74) is 12.4. The fourth-order valence-corrected chi connectivity index (χ4v) is 5.84. The van der Waals surface area contributed by atoms with Gasteiger partial charge in [0.2, 0.25) is 0 Å². The SMILES string of the molecule is C1=C(C2=NNCCCCCC2)CCCCCCC1.C1=C(C2=NNCCCCCC2)CCCCCCC1. The molecule has 0 aromatic heterocycles. The van der Waals surface area contributed by atoms with Crippen molar-refractivity contribution in [1.29, 1.82) is 0 Å². The van der Waals surface area contributed by atoms with E-state index >= 15 is 0 Å². The second kappa shape index (κ2) is 19.5. The molecule has 0 amide bonds. The summed E-state index contributed by atoms with van der Waals surface area (Å²) in [5.74, 6) is 0. The smallest absolute Gasteiger partial charge is 0.0631 e. The van der Waals surface area contributed by atoms with Crippen molar-refractivity contribution in [1.82, 2.24) is 10.9 Å². The minimum absolute atomic E-state index is 1.05. The molecule has 4 rings (SSSR count). The van der Waals surface area contributed by atoms with Crippen LogP contribution in [0.4, 0.5) is 0 Å². The molecule has 0 aromatic rings. The summed E-state index contributed by atoms with van der Waals surface area (Å²) in [6.07, 6.45) is 36.9. The fourth-order valence-electron chi connectivity index (χ4n) is 5.84. The predicted molar refractivity (Wildman–Crippen MR) is 158 cm³/mol. The third kappa shape index (κ3) is 12.6. The van der Waals surface area contributed by atoms with Crippen molar-refractivity contribution in [2.24, 2.45) is 10.2 Å². The van der Waals surface area contributed by atoms with Gasteiger partial charge in [-0.05, 0) is 101 Å². The zero-order valence-corrected chi connectivity index (χ0v) is 23.4. The van der Waals surface area contributed by atoms with Gasteiger partial charge in [-0.15, -0.1) is 0 Å². The quantitative estimate of drug-likeness (QED) is 0.400. The Labute approximate surface area is 222 Å². The highest BCUT2D eigenvalue weighted by molar-refractivity contribution is 6.00. The van der Waals surface area contributed by atoms with Crippen LogP contribution in [0.15, 0.2) is 33.5 Å². The van der Waals surface area contributed by atoms with Crippen LogP contribution in [0.2, 0.25) is 0 Å². The van der Waals surface area contributed by atoms with Crippen LogP contribution in [0.3, 0.4) is 0 Å². The standard InChI is InChI=1S/2C16H28N2/c2*1-2-4-8-12-15(11-7-3-1)16-13-9-5-6-10-14-17-18-16/h2*11,17H,1-10,12-14H2. The van der Waals surface area contributed by atoms with E-state index in [9.17, 15) is 0 Å². The lowest BCUT2D eigenvalue weighted by Gasteiger charge is -2.10. The van der Waals surface area contributed by atoms with Gasteiger partial charge in [0.25, 0.3) is 0 Å². The summed E-state index contributed by atoms with van der Waals surface area (Å²) < 4.78 is 0. The number of nitrogens with zero attached hydrogens (tertiary/aromatic N) is 2. The summed E-state index contributed by atoms with van der Waals surface area (Å²) in [5, 5.41) is 9.34. The third-order valence-corrected chi connectivity index (χ3v) is 8.16. The van der Waals surface area contributed by atoms with E-state index in [1.807, 2.05) is 0 Å². The maximum Gasteiger partial charge on any atom is 0.0631 e. The molecule has 0 saturated heterocycles. The zero-order chi connectivity index (χ0) is 24.9. The lowest BCUT2D eigenvalue weighted by Crippen LogP contribution is -2.12. The normalized spacial score (nSPS) is 24.0. The molecule has 0 atom stereocenters. The molecule has 4 nitrogen and oxygen atoms in total. The average Bonchev–Trinajstić information content (AvgIpc) is 3.26. The zero-order valence-electron chi connectivity index (χ0n) is 23.4. The Balaban J connectivity index is 0.000000201. The summed E-state index contributed by atoms with van der Waals surface area (Å²) in [4.78, 5) is 0. The van der Waals surface area contributed by atoms with Crippen LogP contribution in [0.1, 0.15) is 154 Å². The molecule has 0 radical (unpaired) electrons. The van der Waals surface area contributed by atoms with Gasteiger partial charge < -0.3 is 10.9 Å². The Bertz CT molecular complexity index is 583. The second-order valence-corrected chi connectivity index (χ2v) is 11.3. The molecule has 0 fully saturated rings. The number of rotatable bonds is 2. The lowest BCUT2D eigenvalue weighted by molar-refractivity contribution is 0.623. The topological polar surface area (TPSA) is 48.8 Å². The van der Waals surface area contributed by atoms with Gasteiger partial charge in [-0.3, -0.25) is 0 Å². The van der Waals surface area contributed by atoms with Gasteiger partial charge in [0, 0.05) is 13.1 Å². The Morgan fingerprint density at radius 1 is 0.389 bits per heavy atom. The van der Waals surface area contributed by atoms with Crippen molar-refractivity contribution in [3.05, 3.63) is 23.3 Å². The second-order valence-electron chi connectivity index (χ2n) is 11.3. The van der Waals surface area contributed by atoms with Crippen LogP contribution in [-0.4, -0.2) is 24.5 Å². The Morgan fingerprint density at radius 2 is 0.750 bits per heavy atom. The van der Waals surface area contributed by atoms with Gasteiger partial charge in [0.15, 0.2) is 0 Å². The van der Waals surface area contributed by atoms with Gasteiger partial charge >= 0.3 is 0 Å². The predicted octanol–water partition coefficient (Wildman–Crippen LogP) is 9.13. The number of hydrogen-bond donors (Lipinski definition) is 2. The average molecular weight is 497 g/mol. The first kappa shape index (κ1) is 29.0. The monoisotopic (exact) mass is 496 g/mol. The minimum atomic E-state index is 1.05. The molecule has 2 aliphatic heterocycles. The van der Waals surface area contributed by atoms with Crippen molar-refractivity contribution >= 4 is 11.4 Å². The van der Waals surface area contributed by atoms with E-state index in [0.717, 1.165) is 13.1 Å². The summed E-state index contributed by atoms with van der Waals surface area (Å²) >= 11 is 0. The number of nitrogens with one attached hydrogen (secondary N) is 2. The third-order valence-electron chi connectivity index (χ3n) is 8.16. The first-order valence-electron chi connectivity index (χ1n) is 15.9. The lowest BCUT2D eigenvalue weighted by atomic mass is 9.98. The van der Waals surface area contributed by atoms with Crippen molar-refractivity contribution in [2.45, 2.75) is 154 Å². The van der Waals surface area contributed by atoms with Crippen LogP contribution in [0.25, 0.3) is 0 Å². The first-order valence-corrected chi connectivity index (χ1v) is 15.9. The number of hydrogen-bond acceptors (Lipinski definition) is 4. The molecule has 4 heteroatoms. The van der Waals surface area contributed by atoms with Gasteiger partial charge in [-0.1, -0.05) is 76.4 Å². The summed E-state index contributed by atoms with van der Waals surface area (Å²) in [7, 11) is 0. The van der Waals surface area contributed by atoms with Crippen LogP contribution in [0.5, 0.6) is 0 Å². The van der Waals surface area contributed by atoms with Crippen molar-refractivity contribution in [2.75, 3.05) is 13.1 Å². The molecule has 4 aliphatic rings. The van der Waals surface area contributed by atoms with E-state index < -0.39 is 0 Å². The molecular weight excluding hydrogens is 440 g/mol. The van der Waals surface area contributed by atoms with E-state index in [4.69, 9.17) is 0 Å². The molecule has 0 saturated carbocycles. The first-order chi connectivity index (χ1) is 17.9. The molecule has 0 spiro atoms. The molecule has 2 N–H and O–H groups in total. The maximum absolute atomic E-state index is 4.67. The van der Waals surface area contributed by atoms with Gasteiger partial charge in [0.1, 0.15) is 0 Å². The molecule has 0 aromatic carbocycles. The van der Waals surface area contributed by atoms with E-state index in [2.05, 4.69) is 33.2 Å². The van der Waals surface area contributed by atoms with E-state index in [-0.39, 0.29) is 0 Å². The Kier molecular flexibility index (Phi) is 15.7. The Hall–Kier alpha value is -1.58. The molecule has 2 aliphatic carbocycles. The van der Waals surface area contributed by atoms with Gasteiger partial charge in [-0.2, -0.15) is 10.2 Å². The number of hydrazone groups is 2. The van der Waals surface area contributed by atoms with Crippen molar-refractivity contribution in [3.8, 4) is 0 Å². The highest BCUT2D eigenvalue weighted by Gasteiger charge is 2.11. The van der Waals surface area contributed by atoms with Crippen molar-refractivity contribution in [3.63, 3.8) is 0 Å². The van der Waals surface area contributed by atoms with E-state index in [1.54, 1.807) is 11.1 Å². The molecule has 36 heavy (non-hydrogen) atoms. The Morgan fingerprint density at radius 3 is 1.22 bits per heavy atom. The maximum atomic E-state index is 4.67. The van der Waals surface area contributed by atoms with Gasteiger partial charge in [0.05, 0.1) is 11.4 Å². The van der Waals surface area contributed by atoms with Crippen molar-refractivity contribution < 1.29 is 0 Å². The fraction of sp³-hybridized carbons (Fsp3) is 0.812.